The number of ether oxygens (including phenoxy) is 1. The van der Waals surface area contributed by atoms with Crippen molar-refractivity contribution in [3.63, 3.8) is 0 Å². The zero-order chi connectivity index (χ0) is 21.0. The van der Waals surface area contributed by atoms with E-state index in [9.17, 15) is 14.4 Å². The lowest BCUT2D eigenvalue weighted by molar-refractivity contribution is -0.141. The molecule has 0 spiro atoms. The predicted molar refractivity (Wildman–Crippen MR) is 113 cm³/mol. The van der Waals surface area contributed by atoms with Crippen molar-refractivity contribution in [2.45, 2.75) is 25.5 Å². The SMILES string of the molecule is COC(=O)Cn1c(SCC(=O)Nc2cccc(C)c2C)nc2ccccc2c1=O. The summed E-state index contributed by atoms with van der Waals surface area (Å²) in [7, 11) is 1.26. The van der Waals surface area contributed by atoms with Crippen molar-refractivity contribution in [3.8, 4) is 0 Å². The maximum atomic E-state index is 12.8. The zero-order valence-corrected chi connectivity index (χ0v) is 17.2. The van der Waals surface area contributed by atoms with Crippen molar-refractivity contribution in [3.05, 3.63) is 63.9 Å². The fourth-order valence-corrected chi connectivity index (χ4v) is 3.59. The van der Waals surface area contributed by atoms with Crippen molar-refractivity contribution in [1.82, 2.24) is 9.55 Å². The molecule has 1 amide bonds. The number of aryl methyl sites for hydroxylation is 1. The van der Waals surface area contributed by atoms with Gasteiger partial charge in [0.15, 0.2) is 5.16 Å². The first-order valence-corrected chi connectivity index (χ1v) is 9.94. The van der Waals surface area contributed by atoms with Gasteiger partial charge in [-0.15, -0.1) is 0 Å². The number of hydrogen-bond acceptors (Lipinski definition) is 6. The molecule has 29 heavy (non-hydrogen) atoms. The Hall–Kier alpha value is -3.13. The summed E-state index contributed by atoms with van der Waals surface area (Å²) in [6.45, 7) is 3.65. The molecular formula is C21H21N3O4S. The van der Waals surface area contributed by atoms with Gasteiger partial charge in [0.25, 0.3) is 5.56 Å². The standard InChI is InChI=1S/C21H21N3O4S/c1-13-7-6-10-16(14(13)2)22-18(25)12-29-21-23-17-9-5-4-8-15(17)20(27)24(21)11-19(26)28-3/h4-10H,11-12H2,1-3H3,(H,22,25). The van der Waals surface area contributed by atoms with Crippen LogP contribution in [-0.2, 0) is 20.9 Å². The molecule has 150 valence electrons. The molecule has 0 aliphatic carbocycles. The van der Waals surface area contributed by atoms with Gasteiger partial charge in [-0.25, -0.2) is 4.98 Å². The Balaban J connectivity index is 1.85. The highest BCUT2D eigenvalue weighted by Gasteiger charge is 2.16. The number of fused-ring (bicyclic) bond motifs is 1. The van der Waals surface area contributed by atoms with Crippen LogP contribution in [0.4, 0.5) is 5.69 Å². The number of carbonyl (C=O) groups is 2. The maximum Gasteiger partial charge on any atom is 0.325 e. The quantitative estimate of drug-likeness (QED) is 0.381. The number of hydrogen-bond donors (Lipinski definition) is 1. The van der Waals surface area contributed by atoms with E-state index in [4.69, 9.17) is 4.74 Å². The fraction of sp³-hybridized carbons (Fsp3) is 0.238. The number of nitrogens with one attached hydrogen (secondary N) is 1. The summed E-state index contributed by atoms with van der Waals surface area (Å²) in [5.41, 5.74) is 2.99. The lowest BCUT2D eigenvalue weighted by Gasteiger charge is -2.13. The van der Waals surface area contributed by atoms with E-state index in [1.807, 2.05) is 32.0 Å². The maximum absolute atomic E-state index is 12.8. The average molecular weight is 411 g/mol. The van der Waals surface area contributed by atoms with Crippen LogP contribution in [0.15, 0.2) is 52.4 Å². The van der Waals surface area contributed by atoms with Crippen LogP contribution in [0, 0.1) is 13.8 Å². The smallest absolute Gasteiger partial charge is 0.325 e. The molecule has 0 unspecified atom stereocenters. The van der Waals surface area contributed by atoms with E-state index in [1.54, 1.807) is 24.3 Å². The number of rotatable bonds is 6. The number of amides is 1. The van der Waals surface area contributed by atoms with E-state index >= 15 is 0 Å². The minimum atomic E-state index is -0.564. The van der Waals surface area contributed by atoms with Crippen molar-refractivity contribution in [1.29, 1.82) is 0 Å². The molecule has 2 aromatic carbocycles. The second-order valence-corrected chi connectivity index (χ2v) is 7.41. The van der Waals surface area contributed by atoms with Crippen LogP contribution in [0.25, 0.3) is 10.9 Å². The number of carbonyl (C=O) groups excluding carboxylic acids is 2. The Morgan fingerprint density at radius 2 is 1.90 bits per heavy atom. The summed E-state index contributed by atoms with van der Waals surface area (Å²) in [5, 5.41) is 3.57. The van der Waals surface area contributed by atoms with Crippen LogP contribution in [0.5, 0.6) is 0 Å². The van der Waals surface area contributed by atoms with E-state index in [0.29, 0.717) is 10.9 Å². The summed E-state index contributed by atoms with van der Waals surface area (Å²) in [5.74, 6) is -0.749. The zero-order valence-electron chi connectivity index (χ0n) is 16.4. The van der Waals surface area contributed by atoms with Gasteiger partial charge in [-0.1, -0.05) is 36.0 Å². The molecule has 1 N–H and O–H groups in total. The summed E-state index contributed by atoms with van der Waals surface area (Å²) in [4.78, 5) is 41.5. The Bertz CT molecular complexity index is 1140. The number of aromatic nitrogens is 2. The number of anilines is 1. The summed E-state index contributed by atoms with van der Waals surface area (Å²) in [6.07, 6.45) is 0. The van der Waals surface area contributed by atoms with E-state index in [-0.39, 0.29) is 28.9 Å². The minimum absolute atomic E-state index is 0.0410. The van der Waals surface area contributed by atoms with Gasteiger partial charge < -0.3 is 10.1 Å². The molecule has 0 saturated carbocycles. The molecule has 0 bridgehead atoms. The van der Waals surface area contributed by atoms with E-state index in [2.05, 4.69) is 10.3 Å². The van der Waals surface area contributed by atoms with Gasteiger partial charge in [-0.3, -0.25) is 19.0 Å². The van der Waals surface area contributed by atoms with Gasteiger partial charge in [0.2, 0.25) is 5.91 Å². The minimum Gasteiger partial charge on any atom is -0.468 e. The molecule has 3 rings (SSSR count). The molecule has 0 atom stereocenters. The number of para-hydroxylation sites is 1. The molecular weight excluding hydrogens is 390 g/mol. The summed E-state index contributed by atoms with van der Waals surface area (Å²) < 4.78 is 5.93. The first kappa shape index (κ1) is 20.6. The largest absolute Gasteiger partial charge is 0.468 e. The highest BCUT2D eigenvalue weighted by Crippen LogP contribution is 2.21. The number of benzene rings is 2. The van der Waals surface area contributed by atoms with Crippen LogP contribution in [0.3, 0.4) is 0 Å². The Morgan fingerprint density at radius 3 is 2.66 bits per heavy atom. The third-order valence-electron chi connectivity index (χ3n) is 4.55. The molecule has 8 heteroatoms. The van der Waals surface area contributed by atoms with Gasteiger partial charge in [0.1, 0.15) is 6.54 Å². The molecule has 3 aromatic rings. The second-order valence-electron chi connectivity index (χ2n) is 6.46. The lowest BCUT2D eigenvalue weighted by atomic mass is 10.1. The van der Waals surface area contributed by atoms with Gasteiger partial charge in [0.05, 0.1) is 23.8 Å². The molecule has 1 aromatic heterocycles. The Morgan fingerprint density at radius 1 is 1.14 bits per heavy atom. The third kappa shape index (κ3) is 4.65. The topological polar surface area (TPSA) is 90.3 Å². The Labute approximate surface area is 172 Å². The van der Waals surface area contributed by atoms with Gasteiger partial charge >= 0.3 is 5.97 Å². The van der Waals surface area contributed by atoms with Gasteiger partial charge in [0, 0.05) is 5.69 Å². The number of methoxy groups -OCH3 is 1. The van der Waals surface area contributed by atoms with Crippen molar-refractivity contribution >= 4 is 40.2 Å². The first-order valence-electron chi connectivity index (χ1n) is 8.96. The van der Waals surface area contributed by atoms with E-state index in [1.165, 1.54) is 11.7 Å². The molecule has 1 heterocycles. The van der Waals surface area contributed by atoms with Crippen LogP contribution in [0.1, 0.15) is 11.1 Å². The molecule has 0 aliphatic rings. The van der Waals surface area contributed by atoms with Crippen LogP contribution >= 0.6 is 11.8 Å². The number of nitrogens with zero attached hydrogens (tertiary/aromatic N) is 2. The van der Waals surface area contributed by atoms with E-state index < -0.39 is 5.97 Å². The fourth-order valence-electron chi connectivity index (χ4n) is 2.79. The van der Waals surface area contributed by atoms with Crippen molar-refractivity contribution in [2.24, 2.45) is 0 Å². The first-order chi connectivity index (χ1) is 13.9. The molecule has 0 aliphatic heterocycles. The summed E-state index contributed by atoms with van der Waals surface area (Å²) in [6, 6.07) is 12.6. The molecule has 0 radical (unpaired) electrons. The van der Waals surface area contributed by atoms with Crippen LogP contribution in [-0.4, -0.2) is 34.3 Å². The highest BCUT2D eigenvalue weighted by molar-refractivity contribution is 7.99. The summed E-state index contributed by atoms with van der Waals surface area (Å²) >= 11 is 1.10. The molecule has 7 nitrogen and oxygen atoms in total. The third-order valence-corrected chi connectivity index (χ3v) is 5.53. The van der Waals surface area contributed by atoms with Crippen molar-refractivity contribution in [2.75, 3.05) is 18.2 Å². The number of esters is 1. The monoisotopic (exact) mass is 411 g/mol. The van der Waals surface area contributed by atoms with Crippen LogP contribution < -0.4 is 10.9 Å². The number of thioether (sulfide) groups is 1. The highest BCUT2D eigenvalue weighted by atomic mass is 32.2. The van der Waals surface area contributed by atoms with Gasteiger partial charge in [-0.2, -0.15) is 0 Å². The molecule has 0 fully saturated rings. The lowest BCUT2D eigenvalue weighted by Crippen LogP contribution is -2.28. The van der Waals surface area contributed by atoms with Crippen molar-refractivity contribution < 1.29 is 14.3 Å². The Kier molecular flexibility index (Phi) is 6.33. The molecule has 0 saturated heterocycles. The van der Waals surface area contributed by atoms with E-state index in [0.717, 1.165) is 28.6 Å². The average Bonchev–Trinajstić information content (AvgIpc) is 2.72. The van der Waals surface area contributed by atoms with Crippen LogP contribution in [0.2, 0.25) is 0 Å². The van der Waals surface area contributed by atoms with Gasteiger partial charge in [-0.05, 0) is 43.2 Å². The normalized spacial score (nSPS) is 10.7. The second kappa shape index (κ2) is 8.91. The predicted octanol–water partition coefficient (Wildman–Crippen LogP) is 2.92.